The molecule has 29 heavy (non-hydrogen) atoms. The summed E-state index contributed by atoms with van der Waals surface area (Å²) < 4.78 is 16.2. The molecule has 0 fully saturated rings. The van der Waals surface area contributed by atoms with E-state index in [1.807, 2.05) is 45.0 Å². The van der Waals surface area contributed by atoms with E-state index in [-0.39, 0.29) is 12.5 Å². The van der Waals surface area contributed by atoms with Crippen LogP contribution in [0.3, 0.4) is 0 Å². The minimum absolute atomic E-state index is 0.273. The lowest BCUT2D eigenvalue weighted by atomic mass is 10.1. The van der Waals surface area contributed by atoms with E-state index in [0.29, 0.717) is 36.1 Å². The number of esters is 1. The van der Waals surface area contributed by atoms with E-state index in [4.69, 9.17) is 14.2 Å². The van der Waals surface area contributed by atoms with E-state index >= 15 is 0 Å². The first-order chi connectivity index (χ1) is 13.8. The van der Waals surface area contributed by atoms with Crippen LogP contribution in [-0.4, -0.2) is 44.1 Å². The second kappa shape index (κ2) is 10.5. The molecule has 0 spiro atoms. The van der Waals surface area contributed by atoms with Crippen LogP contribution in [-0.2, 0) is 16.1 Å². The molecule has 0 saturated heterocycles. The van der Waals surface area contributed by atoms with Crippen molar-refractivity contribution in [3.05, 3.63) is 59.2 Å². The molecule has 0 unspecified atom stereocenters. The summed E-state index contributed by atoms with van der Waals surface area (Å²) in [5.41, 5.74) is 2.46. The zero-order valence-electron chi connectivity index (χ0n) is 17.7. The zero-order chi connectivity index (χ0) is 21.4. The highest BCUT2D eigenvalue weighted by Crippen LogP contribution is 2.28. The fraction of sp³-hybridized carbons (Fsp3) is 0.391. The summed E-state index contributed by atoms with van der Waals surface area (Å²) in [6, 6.07) is 12.7. The number of likely N-dealkylation sites (N-methyl/N-ethyl adjacent to an activating group) is 1. The standard InChI is InChI=1S/C23H29NO5/c1-16(2)14-28-20-11-10-18(12-21(20)27-5)23(26)29-15-22(25)24(4)13-19-9-7-6-8-17(19)3/h6-12,16H,13-15H2,1-5H3. The summed E-state index contributed by atoms with van der Waals surface area (Å²) >= 11 is 0. The van der Waals surface area contributed by atoms with Gasteiger partial charge in [0.05, 0.1) is 19.3 Å². The number of ether oxygens (including phenoxy) is 3. The Morgan fingerprint density at radius 1 is 1.07 bits per heavy atom. The minimum atomic E-state index is -0.587. The summed E-state index contributed by atoms with van der Waals surface area (Å²) in [5.74, 6) is 0.517. The molecule has 0 atom stereocenters. The van der Waals surface area contributed by atoms with E-state index < -0.39 is 5.97 Å². The summed E-state index contributed by atoms with van der Waals surface area (Å²) in [6.07, 6.45) is 0. The Bertz CT molecular complexity index is 847. The maximum Gasteiger partial charge on any atom is 0.338 e. The number of carbonyl (C=O) groups is 2. The molecule has 0 aliphatic carbocycles. The monoisotopic (exact) mass is 399 g/mol. The predicted molar refractivity (Wildman–Crippen MR) is 111 cm³/mol. The summed E-state index contributed by atoms with van der Waals surface area (Å²) in [6.45, 7) is 6.77. The minimum Gasteiger partial charge on any atom is -0.493 e. The molecule has 0 bridgehead atoms. The van der Waals surface area contributed by atoms with Crippen molar-refractivity contribution in [1.29, 1.82) is 0 Å². The fourth-order valence-electron chi connectivity index (χ4n) is 2.62. The van der Waals surface area contributed by atoms with Crippen LogP contribution in [0.15, 0.2) is 42.5 Å². The van der Waals surface area contributed by atoms with Crippen molar-refractivity contribution >= 4 is 11.9 Å². The molecular weight excluding hydrogens is 370 g/mol. The second-order valence-electron chi connectivity index (χ2n) is 7.32. The van der Waals surface area contributed by atoms with Crippen LogP contribution >= 0.6 is 0 Å². The molecular formula is C23H29NO5. The zero-order valence-corrected chi connectivity index (χ0v) is 17.7. The van der Waals surface area contributed by atoms with Gasteiger partial charge in [-0.05, 0) is 42.2 Å². The van der Waals surface area contributed by atoms with Gasteiger partial charge in [0.15, 0.2) is 18.1 Å². The molecule has 2 rings (SSSR count). The quantitative estimate of drug-likeness (QED) is 0.599. The molecule has 1 amide bonds. The fourth-order valence-corrected chi connectivity index (χ4v) is 2.62. The van der Waals surface area contributed by atoms with Gasteiger partial charge in [0.2, 0.25) is 0 Å². The molecule has 156 valence electrons. The van der Waals surface area contributed by atoms with E-state index in [1.54, 1.807) is 30.1 Å². The average Bonchev–Trinajstić information content (AvgIpc) is 2.71. The molecule has 6 nitrogen and oxygen atoms in total. The molecule has 0 saturated carbocycles. The van der Waals surface area contributed by atoms with E-state index in [9.17, 15) is 9.59 Å². The van der Waals surface area contributed by atoms with Crippen molar-refractivity contribution < 1.29 is 23.8 Å². The van der Waals surface area contributed by atoms with E-state index in [0.717, 1.165) is 11.1 Å². The lowest BCUT2D eigenvalue weighted by Crippen LogP contribution is -2.31. The number of hydrogen-bond acceptors (Lipinski definition) is 5. The number of rotatable bonds is 9. The van der Waals surface area contributed by atoms with Gasteiger partial charge in [-0.3, -0.25) is 4.79 Å². The summed E-state index contributed by atoms with van der Waals surface area (Å²) in [5, 5.41) is 0. The third-order valence-corrected chi connectivity index (χ3v) is 4.39. The third kappa shape index (κ3) is 6.52. The highest BCUT2D eigenvalue weighted by Gasteiger charge is 2.16. The Labute approximate surface area is 172 Å². The van der Waals surface area contributed by atoms with Gasteiger partial charge in [0.25, 0.3) is 5.91 Å². The molecule has 0 aliphatic rings. The number of carbonyl (C=O) groups excluding carboxylic acids is 2. The Balaban J connectivity index is 1.94. The van der Waals surface area contributed by atoms with Crippen LogP contribution in [0.4, 0.5) is 0 Å². The van der Waals surface area contributed by atoms with Crippen LogP contribution < -0.4 is 9.47 Å². The first kappa shape index (κ1) is 22.3. The number of aryl methyl sites for hydroxylation is 1. The highest BCUT2D eigenvalue weighted by atomic mass is 16.5. The molecule has 0 aliphatic heterocycles. The van der Waals surface area contributed by atoms with Crippen molar-refractivity contribution in [2.24, 2.45) is 5.92 Å². The Kier molecular flexibility index (Phi) is 8.07. The predicted octanol–water partition coefficient (Wildman–Crippen LogP) is 3.85. The first-order valence-corrected chi connectivity index (χ1v) is 9.58. The number of benzene rings is 2. The average molecular weight is 399 g/mol. The van der Waals surface area contributed by atoms with Crippen molar-refractivity contribution in [2.45, 2.75) is 27.3 Å². The summed E-state index contributed by atoms with van der Waals surface area (Å²) in [4.78, 5) is 26.2. The Morgan fingerprint density at radius 3 is 2.45 bits per heavy atom. The van der Waals surface area contributed by atoms with Crippen molar-refractivity contribution in [3.8, 4) is 11.5 Å². The lowest BCUT2D eigenvalue weighted by Gasteiger charge is -2.18. The Morgan fingerprint density at radius 2 is 1.79 bits per heavy atom. The number of amides is 1. The van der Waals surface area contributed by atoms with Crippen LogP contribution in [0.25, 0.3) is 0 Å². The number of nitrogens with zero attached hydrogens (tertiary/aromatic N) is 1. The SMILES string of the molecule is COc1cc(C(=O)OCC(=O)N(C)Cc2ccccc2C)ccc1OCC(C)C. The molecule has 6 heteroatoms. The van der Waals surface area contributed by atoms with Crippen LogP contribution in [0.1, 0.15) is 35.3 Å². The van der Waals surface area contributed by atoms with Crippen molar-refractivity contribution in [1.82, 2.24) is 4.90 Å². The highest BCUT2D eigenvalue weighted by molar-refractivity contribution is 5.92. The number of methoxy groups -OCH3 is 1. The van der Waals surface area contributed by atoms with Gasteiger partial charge in [0, 0.05) is 13.6 Å². The van der Waals surface area contributed by atoms with E-state index in [1.165, 1.54) is 7.11 Å². The first-order valence-electron chi connectivity index (χ1n) is 9.58. The normalized spacial score (nSPS) is 10.6. The maximum absolute atomic E-state index is 12.3. The topological polar surface area (TPSA) is 65.1 Å². The maximum atomic E-state index is 12.3. The molecule has 2 aromatic carbocycles. The molecule has 0 radical (unpaired) electrons. The van der Waals surface area contributed by atoms with Gasteiger partial charge >= 0.3 is 5.97 Å². The lowest BCUT2D eigenvalue weighted by molar-refractivity contribution is -0.133. The van der Waals surface area contributed by atoms with Gasteiger partial charge < -0.3 is 19.1 Å². The largest absolute Gasteiger partial charge is 0.493 e. The molecule has 0 aromatic heterocycles. The Hall–Kier alpha value is -3.02. The van der Waals surface area contributed by atoms with Crippen molar-refractivity contribution in [3.63, 3.8) is 0 Å². The van der Waals surface area contributed by atoms with E-state index in [2.05, 4.69) is 0 Å². The smallest absolute Gasteiger partial charge is 0.338 e. The van der Waals surface area contributed by atoms with Gasteiger partial charge in [-0.1, -0.05) is 38.1 Å². The van der Waals surface area contributed by atoms with Gasteiger partial charge in [-0.25, -0.2) is 4.79 Å². The van der Waals surface area contributed by atoms with Crippen LogP contribution in [0.5, 0.6) is 11.5 Å². The van der Waals surface area contributed by atoms with Gasteiger partial charge in [-0.2, -0.15) is 0 Å². The van der Waals surface area contributed by atoms with Crippen molar-refractivity contribution in [2.75, 3.05) is 27.4 Å². The molecule has 0 heterocycles. The number of hydrogen-bond donors (Lipinski definition) is 0. The molecule has 2 aromatic rings. The second-order valence-corrected chi connectivity index (χ2v) is 7.32. The molecule has 0 N–H and O–H groups in total. The van der Waals surface area contributed by atoms with Crippen LogP contribution in [0.2, 0.25) is 0 Å². The summed E-state index contributed by atoms with van der Waals surface area (Å²) in [7, 11) is 3.20. The van der Waals surface area contributed by atoms with Gasteiger partial charge in [-0.15, -0.1) is 0 Å². The third-order valence-electron chi connectivity index (χ3n) is 4.39. The van der Waals surface area contributed by atoms with Crippen LogP contribution in [0, 0.1) is 12.8 Å². The van der Waals surface area contributed by atoms with Gasteiger partial charge in [0.1, 0.15) is 0 Å².